The molecule has 0 bridgehead atoms. The first-order chi connectivity index (χ1) is 11.8. The van der Waals surface area contributed by atoms with Crippen LogP contribution in [0.4, 0.5) is 23.7 Å². The number of amides is 2. The second kappa shape index (κ2) is 8.78. The Kier molecular flexibility index (Phi) is 6.98. The second-order valence-corrected chi connectivity index (χ2v) is 7.13. The van der Waals surface area contributed by atoms with Gasteiger partial charge in [0.25, 0.3) is 0 Å². The number of anilines is 1. The largest absolute Gasteiger partial charge is 0.390 e. The molecule has 1 aliphatic rings. The van der Waals surface area contributed by atoms with E-state index >= 15 is 0 Å². The number of urea groups is 1. The zero-order valence-corrected chi connectivity index (χ0v) is 15.7. The van der Waals surface area contributed by atoms with Gasteiger partial charge in [0.2, 0.25) is 0 Å². The highest BCUT2D eigenvalue weighted by atomic mass is 79.9. The van der Waals surface area contributed by atoms with Crippen molar-refractivity contribution in [3.8, 4) is 0 Å². The molecule has 4 nitrogen and oxygen atoms in total. The van der Waals surface area contributed by atoms with E-state index in [2.05, 4.69) is 32.2 Å². The number of alkyl halides is 3. The van der Waals surface area contributed by atoms with E-state index in [9.17, 15) is 18.0 Å². The van der Waals surface area contributed by atoms with Crippen molar-refractivity contribution in [2.75, 3.05) is 37.6 Å². The quantitative estimate of drug-likeness (QED) is 0.744. The van der Waals surface area contributed by atoms with E-state index in [0.717, 1.165) is 29.7 Å². The van der Waals surface area contributed by atoms with Gasteiger partial charge in [0.15, 0.2) is 0 Å². The molecule has 1 saturated heterocycles. The summed E-state index contributed by atoms with van der Waals surface area (Å²) >= 11 is 3.46. The van der Waals surface area contributed by atoms with E-state index in [4.69, 9.17) is 0 Å². The van der Waals surface area contributed by atoms with Crippen LogP contribution < -0.4 is 10.2 Å². The molecule has 0 spiro atoms. The van der Waals surface area contributed by atoms with Crippen molar-refractivity contribution in [2.45, 2.75) is 25.9 Å². The van der Waals surface area contributed by atoms with Gasteiger partial charge >= 0.3 is 12.2 Å². The number of halogens is 4. The summed E-state index contributed by atoms with van der Waals surface area (Å²) in [5.74, 6) is 0.296. The van der Waals surface area contributed by atoms with E-state index in [-0.39, 0.29) is 13.1 Å². The van der Waals surface area contributed by atoms with Crippen LogP contribution in [0.2, 0.25) is 0 Å². The third-order valence-electron chi connectivity index (χ3n) is 4.34. The Morgan fingerprint density at radius 1 is 1.44 bits per heavy atom. The summed E-state index contributed by atoms with van der Waals surface area (Å²) in [6.45, 7) is 3.84. The van der Waals surface area contributed by atoms with Gasteiger partial charge in [0.1, 0.15) is 0 Å². The summed E-state index contributed by atoms with van der Waals surface area (Å²) in [7, 11) is 0. The average molecular weight is 422 g/mol. The van der Waals surface area contributed by atoms with Gasteiger partial charge < -0.3 is 15.1 Å². The van der Waals surface area contributed by atoms with E-state index < -0.39 is 18.6 Å². The number of hydrogen-bond donors (Lipinski definition) is 1. The summed E-state index contributed by atoms with van der Waals surface area (Å²) in [5, 5.41) is 2.78. The molecule has 1 aromatic carbocycles. The Hall–Kier alpha value is -1.44. The number of rotatable bonds is 6. The van der Waals surface area contributed by atoms with Gasteiger partial charge in [-0.15, -0.1) is 0 Å². The lowest BCUT2D eigenvalue weighted by Crippen LogP contribution is -2.43. The molecule has 25 heavy (non-hydrogen) atoms. The first-order valence-electron chi connectivity index (χ1n) is 8.38. The minimum atomic E-state index is -4.25. The van der Waals surface area contributed by atoms with Crippen molar-refractivity contribution in [2.24, 2.45) is 5.92 Å². The van der Waals surface area contributed by atoms with Crippen LogP contribution in [0, 0.1) is 5.92 Å². The third kappa shape index (κ3) is 6.41. The van der Waals surface area contributed by atoms with Crippen molar-refractivity contribution < 1.29 is 18.0 Å². The monoisotopic (exact) mass is 421 g/mol. The van der Waals surface area contributed by atoms with Crippen LogP contribution in [-0.2, 0) is 0 Å². The van der Waals surface area contributed by atoms with Crippen LogP contribution >= 0.6 is 15.9 Å². The van der Waals surface area contributed by atoms with Crippen LogP contribution in [0.15, 0.2) is 28.7 Å². The first kappa shape index (κ1) is 19.9. The summed E-state index contributed by atoms with van der Waals surface area (Å²) < 4.78 is 38.0. The van der Waals surface area contributed by atoms with Gasteiger partial charge in [-0.1, -0.05) is 22.0 Å². The van der Waals surface area contributed by atoms with E-state index in [1.165, 1.54) is 4.90 Å². The number of benzene rings is 1. The minimum absolute atomic E-state index is 0.261. The van der Waals surface area contributed by atoms with Crippen LogP contribution in [0.25, 0.3) is 0 Å². The normalized spacial score (nSPS) is 17.6. The predicted octanol–water partition coefficient (Wildman–Crippen LogP) is 4.26. The van der Waals surface area contributed by atoms with Gasteiger partial charge in [0, 0.05) is 42.9 Å². The molecule has 8 heteroatoms. The number of carbonyl (C=O) groups excluding carboxylic acids is 1. The summed E-state index contributed by atoms with van der Waals surface area (Å²) in [4.78, 5) is 15.5. The summed E-state index contributed by atoms with van der Waals surface area (Å²) in [5.41, 5.74) is 1.13. The summed E-state index contributed by atoms with van der Waals surface area (Å²) in [6, 6.07) is 7.62. The summed E-state index contributed by atoms with van der Waals surface area (Å²) in [6.07, 6.45) is -4.28. The first-order valence-corrected chi connectivity index (χ1v) is 9.18. The number of nitrogens with one attached hydrogen (secondary N) is 1. The van der Waals surface area contributed by atoms with Gasteiger partial charge in [-0.3, -0.25) is 0 Å². The number of nitrogens with zero attached hydrogens (tertiary/aromatic N) is 2. The zero-order valence-electron chi connectivity index (χ0n) is 14.2. The minimum Gasteiger partial charge on any atom is -0.371 e. The van der Waals surface area contributed by atoms with Gasteiger partial charge in [-0.2, -0.15) is 13.2 Å². The Labute approximate surface area is 154 Å². The smallest absolute Gasteiger partial charge is 0.371 e. The van der Waals surface area contributed by atoms with Crippen LogP contribution in [0.1, 0.15) is 19.8 Å². The molecule has 2 amide bonds. The second-order valence-electron chi connectivity index (χ2n) is 6.21. The highest BCUT2D eigenvalue weighted by molar-refractivity contribution is 9.10. The number of hydrogen-bond acceptors (Lipinski definition) is 2. The molecule has 1 unspecified atom stereocenters. The molecule has 1 heterocycles. The van der Waals surface area contributed by atoms with E-state index in [0.29, 0.717) is 12.5 Å². The number of carbonyl (C=O) groups is 1. The van der Waals surface area contributed by atoms with Gasteiger partial charge in [0.05, 0.1) is 6.42 Å². The van der Waals surface area contributed by atoms with Crippen molar-refractivity contribution in [1.82, 2.24) is 10.2 Å². The lowest BCUT2D eigenvalue weighted by Gasteiger charge is -2.23. The Balaban J connectivity index is 1.78. The Morgan fingerprint density at radius 3 is 2.84 bits per heavy atom. The lowest BCUT2D eigenvalue weighted by molar-refractivity contribution is -0.136. The molecular weight excluding hydrogens is 399 g/mol. The molecule has 1 aliphatic heterocycles. The highest BCUT2D eigenvalue weighted by Crippen LogP contribution is 2.26. The maximum atomic E-state index is 12.3. The molecule has 2 rings (SSSR count). The van der Waals surface area contributed by atoms with E-state index in [1.807, 2.05) is 18.2 Å². The van der Waals surface area contributed by atoms with Gasteiger partial charge in [-0.25, -0.2) is 4.79 Å². The molecule has 1 fully saturated rings. The molecule has 0 radical (unpaired) electrons. The topological polar surface area (TPSA) is 35.6 Å². The van der Waals surface area contributed by atoms with E-state index in [1.54, 1.807) is 6.92 Å². The molecule has 0 aliphatic carbocycles. The third-order valence-corrected chi connectivity index (χ3v) is 4.83. The Bertz CT molecular complexity index is 583. The molecule has 0 saturated carbocycles. The van der Waals surface area contributed by atoms with Gasteiger partial charge in [-0.05, 0) is 37.5 Å². The Morgan fingerprint density at radius 2 is 2.20 bits per heavy atom. The van der Waals surface area contributed by atoms with Crippen molar-refractivity contribution >= 4 is 27.6 Å². The van der Waals surface area contributed by atoms with Crippen LogP contribution in [-0.4, -0.2) is 49.8 Å². The molecule has 1 aromatic rings. The highest BCUT2D eigenvalue weighted by Gasteiger charge is 2.29. The fourth-order valence-corrected chi connectivity index (χ4v) is 3.30. The van der Waals surface area contributed by atoms with Crippen molar-refractivity contribution in [3.63, 3.8) is 0 Å². The molecule has 1 N–H and O–H groups in total. The molecule has 140 valence electrons. The lowest BCUT2D eigenvalue weighted by atomic mass is 10.1. The van der Waals surface area contributed by atoms with Crippen LogP contribution in [0.5, 0.6) is 0 Å². The SMILES string of the molecule is CCN(CCC(F)(F)F)C(=O)NCC1CCN(c2cccc(Br)c2)C1. The standard InChI is InChI=1S/C17H23BrF3N3O/c1-2-23(9-7-17(19,20)21)16(25)22-11-13-6-8-24(12-13)15-5-3-4-14(18)10-15/h3-5,10,13H,2,6-9,11-12H2,1H3,(H,22,25). The van der Waals surface area contributed by atoms with Crippen molar-refractivity contribution in [1.29, 1.82) is 0 Å². The average Bonchev–Trinajstić information content (AvgIpc) is 3.01. The predicted molar refractivity (Wildman–Crippen MR) is 95.8 cm³/mol. The maximum absolute atomic E-state index is 12.3. The fraction of sp³-hybridized carbons (Fsp3) is 0.588. The van der Waals surface area contributed by atoms with Crippen LogP contribution in [0.3, 0.4) is 0 Å². The van der Waals surface area contributed by atoms with Crippen molar-refractivity contribution in [3.05, 3.63) is 28.7 Å². The maximum Gasteiger partial charge on any atom is 0.390 e. The molecule has 0 aromatic heterocycles. The fourth-order valence-electron chi connectivity index (χ4n) is 2.92. The zero-order chi connectivity index (χ0) is 18.4. The molecular formula is C17H23BrF3N3O. The molecule has 1 atom stereocenters.